The van der Waals surface area contributed by atoms with Gasteiger partial charge in [0.15, 0.2) is 11.6 Å². The van der Waals surface area contributed by atoms with Gasteiger partial charge in [-0.1, -0.05) is 5.16 Å². The van der Waals surface area contributed by atoms with Crippen LogP contribution in [0.5, 0.6) is 11.5 Å². The zero-order valence-corrected chi connectivity index (χ0v) is 10.3. The topological polar surface area (TPSA) is 85.2 Å². The molecule has 1 aliphatic carbocycles. The number of allylic oxidation sites excluding steroid dienone is 2. The minimum Gasteiger partial charge on any atom is -0.496 e. The maximum Gasteiger partial charge on any atom is 0.199 e. The van der Waals surface area contributed by atoms with Crippen LogP contribution in [0.4, 0.5) is 0 Å². The van der Waals surface area contributed by atoms with Gasteiger partial charge in [-0.25, -0.2) is 0 Å². The molecule has 0 unspecified atom stereocenters. The maximum atomic E-state index is 12.2. The van der Waals surface area contributed by atoms with Gasteiger partial charge in [-0.15, -0.1) is 0 Å². The fourth-order valence-corrected chi connectivity index (χ4v) is 1.96. The first-order valence-corrected chi connectivity index (χ1v) is 5.37. The second kappa shape index (κ2) is 4.93. The van der Waals surface area contributed by atoms with Crippen molar-refractivity contribution in [1.82, 2.24) is 0 Å². The number of rotatable bonds is 3. The molecule has 2 rings (SSSR count). The number of Topliss-reactive ketones (excluding diaryl/α,β-unsaturated/α-hetero) is 1. The highest BCUT2D eigenvalue weighted by Gasteiger charge is 2.31. The van der Waals surface area contributed by atoms with E-state index in [4.69, 9.17) is 14.7 Å². The molecule has 0 radical (unpaired) electrons. The zero-order chi connectivity index (χ0) is 14.0. The Kier molecular flexibility index (Phi) is 3.33. The van der Waals surface area contributed by atoms with Crippen LogP contribution in [0.3, 0.4) is 0 Å². The van der Waals surface area contributed by atoms with Gasteiger partial charge in [-0.05, 0) is 18.2 Å². The zero-order valence-electron chi connectivity index (χ0n) is 10.3. The van der Waals surface area contributed by atoms with Gasteiger partial charge >= 0.3 is 0 Å². The fourth-order valence-electron chi connectivity index (χ4n) is 1.96. The summed E-state index contributed by atoms with van der Waals surface area (Å²) in [5, 5.41) is 11.3. The predicted molar refractivity (Wildman–Crippen MR) is 66.6 cm³/mol. The van der Waals surface area contributed by atoms with Crippen LogP contribution in [-0.4, -0.2) is 37.2 Å². The first-order valence-electron chi connectivity index (χ1n) is 5.37. The first kappa shape index (κ1) is 12.8. The maximum absolute atomic E-state index is 12.2. The number of nitrogens with zero attached hydrogens (tertiary/aromatic N) is 1. The second-order valence-corrected chi connectivity index (χ2v) is 3.76. The summed E-state index contributed by atoms with van der Waals surface area (Å²) in [4.78, 5) is 24.3. The molecule has 19 heavy (non-hydrogen) atoms. The molecule has 0 heterocycles. The van der Waals surface area contributed by atoms with Crippen LogP contribution in [-0.2, 0) is 0 Å². The van der Waals surface area contributed by atoms with E-state index >= 15 is 0 Å². The molecular formula is C13H11NO5. The lowest BCUT2D eigenvalue weighted by Crippen LogP contribution is -2.19. The lowest BCUT2D eigenvalue weighted by atomic mass is 9.88. The number of ketones is 2. The molecule has 6 heteroatoms. The molecule has 0 aromatic heterocycles. The minimum atomic E-state index is -0.455. The number of hydrogen-bond donors (Lipinski definition) is 1. The average Bonchev–Trinajstić information content (AvgIpc) is 2.43. The van der Waals surface area contributed by atoms with Gasteiger partial charge in [-0.3, -0.25) is 9.59 Å². The monoisotopic (exact) mass is 261 g/mol. The summed E-state index contributed by atoms with van der Waals surface area (Å²) in [7, 11) is 2.81. The number of methoxy groups -OCH3 is 2. The molecule has 98 valence electrons. The number of oxime groups is 1. The van der Waals surface area contributed by atoms with Crippen molar-refractivity contribution in [2.24, 2.45) is 5.16 Å². The molecule has 0 fully saturated rings. The molecule has 0 bridgehead atoms. The summed E-state index contributed by atoms with van der Waals surface area (Å²) < 4.78 is 10.2. The SMILES string of the molecule is COc1ccc(OC)c2c1C(=O)C=C(C=NO)C2=O. The van der Waals surface area contributed by atoms with E-state index in [-0.39, 0.29) is 22.4 Å². The van der Waals surface area contributed by atoms with Crippen molar-refractivity contribution >= 4 is 17.8 Å². The van der Waals surface area contributed by atoms with E-state index in [0.717, 1.165) is 12.3 Å². The van der Waals surface area contributed by atoms with Crippen LogP contribution in [0.25, 0.3) is 0 Å². The second-order valence-electron chi connectivity index (χ2n) is 3.76. The largest absolute Gasteiger partial charge is 0.496 e. The van der Waals surface area contributed by atoms with Crippen LogP contribution in [0.15, 0.2) is 28.9 Å². The number of fused-ring (bicyclic) bond motifs is 1. The van der Waals surface area contributed by atoms with E-state index in [1.807, 2.05) is 0 Å². The van der Waals surface area contributed by atoms with Crippen molar-refractivity contribution in [3.63, 3.8) is 0 Å². The minimum absolute atomic E-state index is 0.00782. The summed E-state index contributed by atoms with van der Waals surface area (Å²) in [5.41, 5.74) is 0.262. The lowest BCUT2D eigenvalue weighted by Gasteiger charge is -2.18. The number of carbonyl (C=O) groups excluding carboxylic acids is 2. The van der Waals surface area contributed by atoms with Gasteiger partial charge in [0, 0.05) is 5.57 Å². The Bertz CT molecular complexity index is 616. The van der Waals surface area contributed by atoms with E-state index in [1.54, 1.807) is 12.1 Å². The van der Waals surface area contributed by atoms with Crippen molar-refractivity contribution in [1.29, 1.82) is 0 Å². The van der Waals surface area contributed by atoms with Crippen LogP contribution >= 0.6 is 0 Å². The fraction of sp³-hybridized carbons (Fsp3) is 0.154. The van der Waals surface area contributed by atoms with Crippen LogP contribution in [0.1, 0.15) is 20.7 Å². The Morgan fingerprint density at radius 2 is 1.68 bits per heavy atom. The standard InChI is InChI=1S/C13H11NO5/c1-18-9-3-4-10(19-2)12-11(9)8(15)5-7(6-14-17)13(12)16/h3-6,17H,1-2H3. The van der Waals surface area contributed by atoms with Crippen molar-refractivity contribution in [3.8, 4) is 11.5 Å². The number of benzene rings is 1. The van der Waals surface area contributed by atoms with Gasteiger partial charge < -0.3 is 14.7 Å². The third-order valence-electron chi connectivity index (χ3n) is 2.79. The summed E-state index contributed by atoms with van der Waals surface area (Å²) in [5.74, 6) is -0.292. The molecule has 1 N–H and O–H groups in total. The van der Waals surface area contributed by atoms with E-state index in [9.17, 15) is 9.59 Å². The quantitative estimate of drug-likeness (QED) is 0.506. The Morgan fingerprint density at radius 3 is 2.21 bits per heavy atom. The predicted octanol–water partition coefficient (Wildman–Crippen LogP) is 1.47. The van der Waals surface area contributed by atoms with Crippen molar-refractivity contribution < 1.29 is 24.3 Å². The number of hydrogen-bond acceptors (Lipinski definition) is 6. The molecule has 1 aromatic carbocycles. The normalized spacial score (nSPS) is 14.3. The van der Waals surface area contributed by atoms with Gasteiger partial charge in [-0.2, -0.15) is 0 Å². The van der Waals surface area contributed by atoms with Crippen LogP contribution < -0.4 is 9.47 Å². The summed E-state index contributed by atoms with van der Waals surface area (Å²) in [6.45, 7) is 0. The van der Waals surface area contributed by atoms with E-state index in [0.29, 0.717) is 5.75 Å². The molecular weight excluding hydrogens is 250 g/mol. The molecule has 0 saturated heterocycles. The lowest BCUT2D eigenvalue weighted by molar-refractivity contribution is 0.0984. The summed E-state index contributed by atoms with van der Waals surface area (Å²) in [6.07, 6.45) is 2.02. The van der Waals surface area contributed by atoms with Crippen LogP contribution in [0.2, 0.25) is 0 Å². The van der Waals surface area contributed by atoms with Gasteiger partial charge in [0.1, 0.15) is 11.5 Å². The Morgan fingerprint density at radius 1 is 1.11 bits per heavy atom. The third kappa shape index (κ3) is 1.97. The van der Waals surface area contributed by atoms with Crippen molar-refractivity contribution in [2.45, 2.75) is 0 Å². The summed E-state index contributed by atoms with van der Waals surface area (Å²) in [6, 6.07) is 3.10. The molecule has 0 spiro atoms. The smallest absolute Gasteiger partial charge is 0.199 e. The molecule has 0 amide bonds. The van der Waals surface area contributed by atoms with E-state index in [2.05, 4.69) is 5.16 Å². The van der Waals surface area contributed by atoms with E-state index < -0.39 is 11.6 Å². The summed E-state index contributed by atoms with van der Waals surface area (Å²) >= 11 is 0. The van der Waals surface area contributed by atoms with Crippen molar-refractivity contribution in [3.05, 3.63) is 34.9 Å². The molecule has 6 nitrogen and oxygen atoms in total. The highest BCUT2D eigenvalue weighted by Crippen LogP contribution is 2.35. The Labute approximate surface area is 108 Å². The molecule has 0 aliphatic heterocycles. The van der Waals surface area contributed by atoms with Gasteiger partial charge in [0.05, 0.1) is 31.6 Å². The molecule has 0 saturated carbocycles. The molecule has 1 aliphatic rings. The van der Waals surface area contributed by atoms with Crippen LogP contribution in [0, 0.1) is 0 Å². The average molecular weight is 261 g/mol. The Hall–Kier alpha value is -2.63. The van der Waals surface area contributed by atoms with Gasteiger partial charge in [0.2, 0.25) is 0 Å². The number of carbonyl (C=O) groups is 2. The highest BCUT2D eigenvalue weighted by atomic mass is 16.5. The van der Waals surface area contributed by atoms with E-state index in [1.165, 1.54) is 14.2 Å². The first-order chi connectivity index (χ1) is 9.13. The Balaban J connectivity index is 2.73. The third-order valence-corrected chi connectivity index (χ3v) is 2.79. The number of ether oxygens (including phenoxy) is 2. The highest BCUT2D eigenvalue weighted by molar-refractivity contribution is 6.33. The molecule has 0 atom stereocenters. The van der Waals surface area contributed by atoms with Crippen molar-refractivity contribution in [2.75, 3.05) is 14.2 Å². The van der Waals surface area contributed by atoms with Gasteiger partial charge in [0.25, 0.3) is 0 Å². The molecule has 1 aromatic rings.